The Labute approximate surface area is 136 Å². The molecule has 0 atom stereocenters. The maximum Gasteiger partial charge on any atom is 0.233 e. The summed E-state index contributed by atoms with van der Waals surface area (Å²) in [6, 6.07) is 13.2. The number of halogens is 1. The van der Waals surface area contributed by atoms with Crippen molar-refractivity contribution in [3.63, 3.8) is 0 Å². The number of nitrogens with one attached hydrogen (secondary N) is 1. The topological polar surface area (TPSA) is 46.2 Å². The van der Waals surface area contributed by atoms with Gasteiger partial charge in [0.1, 0.15) is 0 Å². The average Bonchev–Trinajstić information content (AvgIpc) is 2.47. The molecule has 2 aromatic rings. The number of allylic oxidation sites excluding steroid dienone is 1. The summed E-state index contributed by atoms with van der Waals surface area (Å²) in [5.41, 5.74) is 3.90. The van der Waals surface area contributed by atoms with Gasteiger partial charge in [-0.2, -0.15) is 0 Å². The Morgan fingerprint density at radius 3 is 2.43 bits per heavy atom. The van der Waals surface area contributed by atoms with Gasteiger partial charge in [0.25, 0.3) is 0 Å². The molecular weight excluding hydrogens is 377 g/mol. The van der Waals surface area contributed by atoms with E-state index in [1.165, 1.54) is 6.08 Å². The van der Waals surface area contributed by atoms with Crippen LogP contribution in [0.3, 0.4) is 0 Å². The molecule has 0 radical (unpaired) electrons. The fraction of sp³-hybridized carbons (Fsp3) is 0.0588. The molecule has 1 N–H and O–H groups in total. The molecule has 104 valence electrons. The minimum absolute atomic E-state index is 0.449. The zero-order valence-corrected chi connectivity index (χ0v) is 13.5. The highest BCUT2D eigenvalue weighted by Gasteiger charge is 2.25. The molecule has 0 bridgehead atoms. The first-order chi connectivity index (χ1) is 10.1. The third-order valence-electron chi connectivity index (χ3n) is 3.42. The van der Waals surface area contributed by atoms with Crippen molar-refractivity contribution in [2.45, 2.75) is 6.92 Å². The van der Waals surface area contributed by atoms with Crippen molar-refractivity contribution in [2.24, 2.45) is 0 Å². The summed E-state index contributed by atoms with van der Waals surface area (Å²) < 4.78 is 1.15. The zero-order valence-electron chi connectivity index (χ0n) is 11.3. The summed E-state index contributed by atoms with van der Waals surface area (Å²) in [5, 5.41) is 3.27. The van der Waals surface area contributed by atoms with Gasteiger partial charge in [0.2, 0.25) is 11.6 Å². The van der Waals surface area contributed by atoms with Gasteiger partial charge < -0.3 is 5.32 Å². The SMILES string of the molecule is Cc1cc(I)ccc1NC1=CC(=O)C(=O)c2ccccc21. The van der Waals surface area contributed by atoms with E-state index in [0.717, 1.165) is 20.4 Å². The maximum absolute atomic E-state index is 11.9. The van der Waals surface area contributed by atoms with Crippen LogP contribution in [-0.2, 0) is 4.79 Å². The number of benzene rings is 2. The number of hydrogen-bond acceptors (Lipinski definition) is 3. The molecule has 0 saturated carbocycles. The highest BCUT2D eigenvalue weighted by atomic mass is 127. The van der Waals surface area contributed by atoms with E-state index < -0.39 is 11.6 Å². The molecule has 2 aromatic carbocycles. The molecule has 1 aliphatic rings. The molecule has 0 aliphatic heterocycles. The normalized spacial score (nSPS) is 13.7. The van der Waals surface area contributed by atoms with E-state index in [1.54, 1.807) is 12.1 Å². The molecule has 0 spiro atoms. The van der Waals surface area contributed by atoms with Crippen molar-refractivity contribution < 1.29 is 9.59 Å². The van der Waals surface area contributed by atoms with Crippen molar-refractivity contribution in [3.8, 4) is 0 Å². The van der Waals surface area contributed by atoms with Crippen LogP contribution in [0.2, 0.25) is 0 Å². The van der Waals surface area contributed by atoms with Crippen LogP contribution in [0, 0.1) is 10.5 Å². The number of anilines is 1. The van der Waals surface area contributed by atoms with Gasteiger partial charge in [-0.05, 0) is 53.3 Å². The molecule has 0 heterocycles. The first-order valence-corrected chi connectivity index (χ1v) is 7.57. The fourth-order valence-corrected chi connectivity index (χ4v) is 2.99. The Bertz CT molecular complexity index is 793. The second kappa shape index (κ2) is 5.44. The Hall–Kier alpha value is -1.95. The van der Waals surface area contributed by atoms with Gasteiger partial charge in [0.15, 0.2) is 0 Å². The van der Waals surface area contributed by atoms with Gasteiger partial charge in [-0.1, -0.05) is 24.3 Å². The zero-order chi connectivity index (χ0) is 15.0. The highest BCUT2D eigenvalue weighted by Crippen LogP contribution is 2.28. The number of carbonyl (C=O) groups is 2. The van der Waals surface area contributed by atoms with E-state index in [9.17, 15) is 9.59 Å². The molecule has 0 amide bonds. The van der Waals surface area contributed by atoms with Crippen LogP contribution < -0.4 is 5.32 Å². The molecular formula is C17H12INO2. The Morgan fingerprint density at radius 2 is 1.71 bits per heavy atom. The van der Waals surface area contributed by atoms with Crippen molar-refractivity contribution in [1.29, 1.82) is 0 Å². The number of aryl methyl sites for hydroxylation is 1. The Morgan fingerprint density at radius 1 is 1.00 bits per heavy atom. The minimum Gasteiger partial charge on any atom is -0.355 e. The van der Waals surface area contributed by atoms with Crippen LogP contribution in [0.15, 0.2) is 48.5 Å². The summed E-state index contributed by atoms with van der Waals surface area (Å²) in [6.07, 6.45) is 1.38. The quantitative estimate of drug-likeness (QED) is 0.628. The molecule has 1 aliphatic carbocycles. The van der Waals surface area contributed by atoms with Crippen molar-refractivity contribution in [3.05, 3.63) is 68.8 Å². The van der Waals surface area contributed by atoms with Crippen LogP contribution in [0.1, 0.15) is 21.5 Å². The maximum atomic E-state index is 11.9. The van der Waals surface area contributed by atoms with E-state index >= 15 is 0 Å². The molecule has 3 nitrogen and oxygen atoms in total. The van der Waals surface area contributed by atoms with Crippen LogP contribution in [0.4, 0.5) is 5.69 Å². The van der Waals surface area contributed by atoms with Crippen LogP contribution >= 0.6 is 22.6 Å². The second-order valence-corrected chi connectivity index (χ2v) is 6.13. The van der Waals surface area contributed by atoms with Gasteiger partial charge in [-0.3, -0.25) is 9.59 Å². The molecule has 4 heteroatoms. The predicted molar refractivity (Wildman–Crippen MR) is 91.3 cm³/mol. The number of rotatable bonds is 2. The largest absolute Gasteiger partial charge is 0.355 e. The Balaban J connectivity index is 2.04. The van der Waals surface area contributed by atoms with E-state index in [1.807, 2.05) is 31.2 Å². The lowest BCUT2D eigenvalue weighted by atomic mass is 9.92. The van der Waals surface area contributed by atoms with Crippen LogP contribution in [-0.4, -0.2) is 11.6 Å². The number of ketones is 2. The number of fused-ring (bicyclic) bond motifs is 1. The molecule has 0 aromatic heterocycles. The summed E-state index contributed by atoms with van der Waals surface area (Å²) >= 11 is 2.26. The van der Waals surface area contributed by atoms with Crippen molar-refractivity contribution in [2.75, 3.05) is 5.32 Å². The van der Waals surface area contributed by atoms with Gasteiger partial charge >= 0.3 is 0 Å². The van der Waals surface area contributed by atoms with E-state index in [2.05, 4.69) is 34.0 Å². The van der Waals surface area contributed by atoms with E-state index in [-0.39, 0.29) is 0 Å². The minimum atomic E-state index is -0.487. The smallest absolute Gasteiger partial charge is 0.233 e. The lowest BCUT2D eigenvalue weighted by Gasteiger charge is -2.19. The van der Waals surface area contributed by atoms with Crippen LogP contribution in [0.25, 0.3) is 5.70 Å². The molecule has 3 rings (SSSR count). The number of hydrogen-bond donors (Lipinski definition) is 1. The third-order valence-corrected chi connectivity index (χ3v) is 4.09. The molecule has 0 saturated heterocycles. The first-order valence-electron chi connectivity index (χ1n) is 6.49. The average molecular weight is 389 g/mol. The van der Waals surface area contributed by atoms with E-state index in [4.69, 9.17) is 0 Å². The standard InChI is InChI=1S/C17H12INO2/c1-10-8-11(18)6-7-14(10)19-15-9-16(20)17(21)13-5-3-2-4-12(13)15/h2-9,19H,1H3. The lowest BCUT2D eigenvalue weighted by molar-refractivity contribution is -0.111. The second-order valence-electron chi connectivity index (χ2n) is 4.88. The first kappa shape index (κ1) is 14.0. The van der Waals surface area contributed by atoms with Crippen molar-refractivity contribution in [1.82, 2.24) is 0 Å². The van der Waals surface area contributed by atoms with Crippen LogP contribution in [0.5, 0.6) is 0 Å². The van der Waals surface area contributed by atoms with Gasteiger partial charge in [-0.25, -0.2) is 0 Å². The number of Topliss-reactive ketones (excluding diaryl/α,β-unsaturated/α-hetero) is 1. The monoisotopic (exact) mass is 389 g/mol. The molecule has 0 fully saturated rings. The summed E-state index contributed by atoms with van der Waals surface area (Å²) in [6.45, 7) is 2.01. The van der Waals surface area contributed by atoms with Crippen molar-refractivity contribution >= 4 is 45.5 Å². The third kappa shape index (κ3) is 2.63. The van der Waals surface area contributed by atoms with Gasteiger partial charge in [0.05, 0.1) is 5.70 Å². The Kier molecular flexibility index (Phi) is 3.63. The molecule has 0 unspecified atom stereocenters. The summed E-state index contributed by atoms with van der Waals surface area (Å²) in [7, 11) is 0. The fourth-order valence-electron chi connectivity index (χ4n) is 2.34. The van der Waals surface area contributed by atoms with Gasteiger partial charge in [-0.15, -0.1) is 0 Å². The van der Waals surface area contributed by atoms with Gasteiger partial charge in [0, 0.05) is 26.5 Å². The number of carbonyl (C=O) groups excluding carboxylic acids is 2. The summed E-state index contributed by atoms with van der Waals surface area (Å²) in [4.78, 5) is 23.7. The summed E-state index contributed by atoms with van der Waals surface area (Å²) in [5.74, 6) is -0.935. The molecule has 21 heavy (non-hydrogen) atoms. The predicted octanol–water partition coefficient (Wildman–Crippen LogP) is 3.82. The lowest BCUT2D eigenvalue weighted by Crippen LogP contribution is -2.21. The van der Waals surface area contributed by atoms with E-state index in [0.29, 0.717) is 11.3 Å². The highest BCUT2D eigenvalue weighted by molar-refractivity contribution is 14.1.